The first-order valence-electron chi connectivity index (χ1n) is 4.29. The number of hydrogen-bond acceptors (Lipinski definition) is 3. The summed E-state index contributed by atoms with van der Waals surface area (Å²) in [5, 5.41) is 8.09. The molecule has 0 radical (unpaired) electrons. The van der Waals surface area contributed by atoms with Crippen molar-refractivity contribution in [3.8, 4) is 0 Å². The van der Waals surface area contributed by atoms with E-state index in [0.29, 0.717) is 5.69 Å². The van der Waals surface area contributed by atoms with Crippen molar-refractivity contribution in [1.29, 1.82) is 0 Å². The van der Waals surface area contributed by atoms with Crippen LogP contribution in [-0.2, 0) is 10.0 Å². The van der Waals surface area contributed by atoms with Gasteiger partial charge >= 0.3 is 0 Å². The second-order valence-electron chi connectivity index (χ2n) is 3.34. The van der Waals surface area contributed by atoms with Crippen molar-refractivity contribution in [2.24, 2.45) is 5.14 Å². The lowest BCUT2D eigenvalue weighted by molar-refractivity contribution is 0.598. The third-order valence-corrected chi connectivity index (χ3v) is 2.61. The van der Waals surface area contributed by atoms with Gasteiger partial charge in [-0.15, -0.1) is 0 Å². The van der Waals surface area contributed by atoms with E-state index in [1.807, 2.05) is 13.8 Å². The van der Waals surface area contributed by atoms with Gasteiger partial charge in [0.2, 0.25) is 10.0 Å². The Balaban J connectivity index is 3.17. The van der Waals surface area contributed by atoms with E-state index in [1.165, 1.54) is 6.07 Å². The van der Waals surface area contributed by atoms with E-state index in [-0.39, 0.29) is 10.9 Å². The molecule has 0 saturated heterocycles. The summed E-state index contributed by atoms with van der Waals surface area (Å²) < 4.78 is 22.3. The molecule has 0 heterocycles. The fourth-order valence-corrected chi connectivity index (χ4v) is 1.85. The topological polar surface area (TPSA) is 72.2 Å². The average molecular weight is 214 g/mol. The van der Waals surface area contributed by atoms with Gasteiger partial charge in [-0.05, 0) is 26.0 Å². The van der Waals surface area contributed by atoms with Crippen molar-refractivity contribution in [2.75, 3.05) is 5.32 Å². The van der Waals surface area contributed by atoms with E-state index >= 15 is 0 Å². The highest BCUT2D eigenvalue weighted by Crippen LogP contribution is 2.19. The molecular weight excluding hydrogens is 200 g/mol. The number of nitrogens with two attached hydrogens (primary N) is 1. The molecule has 0 fully saturated rings. The van der Waals surface area contributed by atoms with Gasteiger partial charge in [0.25, 0.3) is 0 Å². The zero-order valence-electron chi connectivity index (χ0n) is 8.19. The Hall–Kier alpha value is -1.07. The van der Waals surface area contributed by atoms with Crippen LogP contribution in [-0.4, -0.2) is 14.5 Å². The highest BCUT2D eigenvalue weighted by atomic mass is 32.2. The molecule has 0 saturated carbocycles. The Morgan fingerprint density at radius 1 is 1.29 bits per heavy atom. The van der Waals surface area contributed by atoms with Crippen molar-refractivity contribution >= 4 is 15.7 Å². The van der Waals surface area contributed by atoms with Crippen molar-refractivity contribution in [1.82, 2.24) is 0 Å². The summed E-state index contributed by atoms with van der Waals surface area (Å²) in [6.45, 7) is 3.86. The Kier molecular flexibility index (Phi) is 3.13. The molecule has 0 aliphatic heterocycles. The van der Waals surface area contributed by atoms with Crippen LogP contribution >= 0.6 is 0 Å². The summed E-state index contributed by atoms with van der Waals surface area (Å²) in [6.07, 6.45) is 0. The minimum Gasteiger partial charge on any atom is -0.382 e. The van der Waals surface area contributed by atoms with Gasteiger partial charge < -0.3 is 5.32 Å². The third-order valence-electron chi connectivity index (χ3n) is 1.64. The zero-order valence-corrected chi connectivity index (χ0v) is 9.01. The predicted molar refractivity (Wildman–Crippen MR) is 56.6 cm³/mol. The molecule has 0 bridgehead atoms. The van der Waals surface area contributed by atoms with Gasteiger partial charge in [-0.1, -0.05) is 12.1 Å². The van der Waals surface area contributed by atoms with Crippen LogP contribution in [0.25, 0.3) is 0 Å². The van der Waals surface area contributed by atoms with E-state index in [2.05, 4.69) is 5.32 Å². The summed E-state index contributed by atoms with van der Waals surface area (Å²) in [5.74, 6) is 0. The highest BCUT2D eigenvalue weighted by Gasteiger charge is 2.12. The first-order valence-corrected chi connectivity index (χ1v) is 5.84. The zero-order chi connectivity index (χ0) is 10.8. The smallest absolute Gasteiger partial charge is 0.240 e. The number of hydrogen-bond donors (Lipinski definition) is 2. The molecule has 0 aliphatic carbocycles. The van der Waals surface area contributed by atoms with Gasteiger partial charge in [-0.3, -0.25) is 0 Å². The standard InChI is InChI=1S/C9H14N2O2S/c1-7(2)11-8-5-3-4-6-9(8)14(10,12)13/h3-7,11H,1-2H3,(H2,10,12,13). The molecule has 0 amide bonds. The van der Waals surface area contributed by atoms with Crippen LogP contribution in [0.3, 0.4) is 0 Å². The fourth-order valence-electron chi connectivity index (χ4n) is 1.14. The number of anilines is 1. The van der Waals surface area contributed by atoms with Crippen LogP contribution < -0.4 is 10.5 Å². The van der Waals surface area contributed by atoms with Crippen LogP contribution in [0.1, 0.15) is 13.8 Å². The number of primary sulfonamides is 1. The van der Waals surface area contributed by atoms with E-state index < -0.39 is 10.0 Å². The highest BCUT2D eigenvalue weighted by molar-refractivity contribution is 7.89. The van der Waals surface area contributed by atoms with Crippen molar-refractivity contribution in [2.45, 2.75) is 24.8 Å². The van der Waals surface area contributed by atoms with Gasteiger partial charge in [-0.25, -0.2) is 13.6 Å². The first-order chi connectivity index (χ1) is 6.41. The molecule has 0 atom stereocenters. The quantitative estimate of drug-likeness (QED) is 0.793. The van der Waals surface area contributed by atoms with Crippen LogP contribution in [0.2, 0.25) is 0 Å². The van der Waals surface area contributed by atoms with Gasteiger partial charge in [0.15, 0.2) is 0 Å². The van der Waals surface area contributed by atoms with E-state index in [1.54, 1.807) is 18.2 Å². The maximum atomic E-state index is 11.2. The Morgan fingerprint density at radius 3 is 2.36 bits per heavy atom. The Morgan fingerprint density at radius 2 is 1.86 bits per heavy atom. The molecular formula is C9H14N2O2S. The molecule has 0 aromatic heterocycles. The van der Waals surface area contributed by atoms with Gasteiger partial charge in [0, 0.05) is 6.04 Å². The summed E-state index contributed by atoms with van der Waals surface area (Å²) in [7, 11) is -3.64. The van der Waals surface area contributed by atoms with E-state index in [0.717, 1.165) is 0 Å². The van der Waals surface area contributed by atoms with Crippen LogP contribution in [0.5, 0.6) is 0 Å². The molecule has 3 N–H and O–H groups in total. The van der Waals surface area contributed by atoms with Crippen LogP contribution in [0.15, 0.2) is 29.2 Å². The molecule has 78 valence electrons. The summed E-state index contributed by atoms with van der Waals surface area (Å²) in [6, 6.07) is 6.75. The normalized spacial score (nSPS) is 11.7. The molecule has 0 unspecified atom stereocenters. The molecule has 1 aromatic rings. The minimum atomic E-state index is -3.64. The summed E-state index contributed by atoms with van der Waals surface area (Å²) >= 11 is 0. The number of para-hydroxylation sites is 1. The van der Waals surface area contributed by atoms with Gasteiger partial charge in [-0.2, -0.15) is 0 Å². The van der Waals surface area contributed by atoms with Crippen molar-refractivity contribution < 1.29 is 8.42 Å². The summed E-state index contributed by atoms with van der Waals surface area (Å²) in [4.78, 5) is 0.133. The number of rotatable bonds is 3. The lowest BCUT2D eigenvalue weighted by atomic mass is 10.3. The third kappa shape index (κ3) is 2.71. The minimum absolute atomic E-state index is 0.133. The average Bonchev–Trinajstić information content (AvgIpc) is 2.01. The second kappa shape index (κ2) is 3.98. The maximum absolute atomic E-state index is 11.2. The largest absolute Gasteiger partial charge is 0.382 e. The predicted octanol–water partition coefficient (Wildman–Crippen LogP) is 1.15. The molecule has 0 aliphatic rings. The number of nitrogens with one attached hydrogen (secondary N) is 1. The number of sulfonamides is 1. The number of benzene rings is 1. The monoisotopic (exact) mass is 214 g/mol. The molecule has 5 heteroatoms. The SMILES string of the molecule is CC(C)Nc1ccccc1S(N)(=O)=O. The second-order valence-corrected chi connectivity index (χ2v) is 4.87. The van der Waals surface area contributed by atoms with Crippen molar-refractivity contribution in [3.05, 3.63) is 24.3 Å². The lowest BCUT2D eigenvalue weighted by Gasteiger charge is -2.12. The Bertz CT molecular complexity index is 413. The van der Waals surface area contributed by atoms with E-state index in [9.17, 15) is 8.42 Å². The molecule has 4 nitrogen and oxygen atoms in total. The molecule has 1 aromatic carbocycles. The Labute approximate surface area is 84.2 Å². The first kappa shape index (κ1) is 11.0. The lowest BCUT2D eigenvalue weighted by Crippen LogP contribution is -2.17. The van der Waals surface area contributed by atoms with Crippen molar-refractivity contribution in [3.63, 3.8) is 0 Å². The van der Waals surface area contributed by atoms with Gasteiger partial charge in [0.05, 0.1) is 5.69 Å². The maximum Gasteiger partial charge on any atom is 0.240 e. The van der Waals surface area contributed by atoms with Crippen LogP contribution in [0.4, 0.5) is 5.69 Å². The van der Waals surface area contributed by atoms with Gasteiger partial charge in [0.1, 0.15) is 4.90 Å². The summed E-state index contributed by atoms with van der Waals surface area (Å²) in [5.41, 5.74) is 0.546. The fraction of sp³-hybridized carbons (Fsp3) is 0.333. The molecule has 14 heavy (non-hydrogen) atoms. The molecule has 0 spiro atoms. The molecule has 1 rings (SSSR count). The van der Waals surface area contributed by atoms with E-state index in [4.69, 9.17) is 5.14 Å². The van der Waals surface area contributed by atoms with Crippen LogP contribution in [0, 0.1) is 0 Å².